The molecule has 0 amide bonds. The number of aryl methyl sites for hydroxylation is 1. The molecule has 1 atom stereocenters. The highest BCUT2D eigenvalue weighted by Gasteiger charge is 2.05. The van der Waals surface area contributed by atoms with Gasteiger partial charge >= 0.3 is 0 Å². The SMILES string of the molecule is CCCc1cc(NC(C)c2ccccc2)ncn1. The van der Waals surface area contributed by atoms with Gasteiger partial charge in [-0.15, -0.1) is 0 Å². The van der Waals surface area contributed by atoms with Crippen molar-refractivity contribution in [3.05, 3.63) is 54.0 Å². The molecule has 1 unspecified atom stereocenters. The summed E-state index contributed by atoms with van der Waals surface area (Å²) in [5.74, 6) is 0.893. The second kappa shape index (κ2) is 6.15. The Morgan fingerprint density at radius 2 is 1.94 bits per heavy atom. The third kappa shape index (κ3) is 3.29. The molecule has 1 aromatic heterocycles. The van der Waals surface area contributed by atoms with Crippen LogP contribution in [0.2, 0.25) is 0 Å². The van der Waals surface area contributed by atoms with Crippen molar-refractivity contribution in [2.24, 2.45) is 0 Å². The number of benzene rings is 1. The van der Waals surface area contributed by atoms with Gasteiger partial charge in [0.1, 0.15) is 12.1 Å². The maximum atomic E-state index is 4.26. The summed E-state index contributed by atoms with van der Waals surface area (Å²) in [7, 11) is 0. The summed E-state index contributed by atoms with van der Waals surface area (Å²) in [5.41, 5.74) is 2.35. The largest absolute Gasteiger partial charge is 0.363 e. The standard InChI is InChI=1S/C15H19N3/c1-3-7-14-10-15(17-11-16-14)18-12(2)13-8-5-4-6-9-13/h4-6,8-12H,3,7H2,1-2H3,(H,16,17,18). The van der Waals surface area contributed by atoms with Crippen LogP contribution in [0.5, 0.6) is 0 Å². The molecule has 0 aliphatic carbocycles. The predicted molar refractivity (Wildman–Crippen MR) is 74.5 cm³/mol. The molecule has 2 aromatic rings. The topological polar surface area (TPSA) is 37.8 Å². The minimum atomic E-state index is 0.246. The van der Waals surface area contributed by atoms with Crippen molar-refractivity contribution in [2.75, 3.05) is 5.32 Å². The highest BCUT2D eigenvalue weighted by molar-refractivity contribution is 5.38. The van der Waals surface area contributed by atoms with Crippen LogP contribution < -0.4 is 5.32 Å². The molecule has 0 spiro atoms. The summed E-state index contributed by atoms with van der Waals surface area (Å²) in [6.45, 7) is 4.29. The molecule has 2 rings (SSSR count). The number of anilines is 1. The number of nitrogens with one attached hydrogen (secondary N) is 1. The van der Waals surface area contributed by atoms with E-state index in [4.69, 9.17) is 0 Å². The molecule has 0 fully saturated rings. The fraction of sp³-hybridized carbons (Fsp3) is 0.333. The molecule has 1 N–H and O–H groups in total. The summed E-state index contributed by atoms with van der Waals surface area (Å²) >= 11 is 0. The fourth-order valence-electron chi connectivity index (χ4n) is 1.92. The van der Waals surface area contributed by atoms with E-state index in [9.17, 15) is 0 Å². The van der Waals surface area contributed by atoms with E-state index in [1.165, 1.54) is 5.56 Å². The van der Waals surface area contributed by atoms with Gasteiger partial charge in [-0.05, 0) is 18.9 Å². The third-order valence-corrected chi connectivity index (χ3v) is 2.89. The molecule has 0 aliphatic rings. The Balaban J connectivity index is 2.07. The Morgan fingerprint density at radius 3 is 2.67 bits per heavy atom. The summed E-state index contributed by atoms with van der Waals surface area (Å²) < 4.78 is 0. The Morgan fingerprint density at radius 1 is 1.17 bits per heavy atom. The van der Waals surface area contributed by atoms with Crippen molar-refractivity contribution in [3.8, 4) is 0 Å². The van der Waals surface area contributed by atoms with Crippen molar-refractivity contribution in [2.45, 2.75) is 32.7 Å². The number of hydrogen-bond donors (Lipinski definition) is 1. The van der Waals surface area contributed by atoms with Gasteiger partial charge in [-0.2, -0.15) is 0 Å². The highest BCUT2D eigenvalue weighted by atomic mass is 15.0. The first-order valence-electron chi connectivity index (χ1n) is 6.42. The number of rotatable bonds is 5. The second-order valence-electron chi connectivity index (χ2n) is 4.42. The first kappa shape index (κ1) is 12.6. The van der Waals surface area contributed by atoms with Gasteiger partial charge in [0, 0.05) is 17.8 Å². The van der Waals surface area contributed by atoms with Crippen molar-refractivity contribution in [1.82, 2.24) is 9.97 Å². The molecule has 0 saturated heterocycles. The van der Waals surface area contributed by atoms with Crippen molar-refractivity contribution in [3.63, 3.8) is 0 Å². The van der Waals surface area contributed by atoms with Crippen LogP contribution in [0.15, 0.2) is 42.7 Å². The zero-order valence-electron chi connectivity index (χ0n) is 10.9. The monoisotopic (exact) mass is 241 g/mol. The van der Waals surface area contributed by atoms with E-state index in [0.29, 0.717) is 0 Å². The molecule has 94 valence electrons. The van der Waals surface area contributed by atoms with Gasteiger partial charge in [0.15, 0.2) is 0 Å². The van der Waals surface area contributed by atoms with Crippen LogP contribution in [0.25, 0.3) is 0 Å². The molecule has 0 bridgehead atoms. The quantitative estimate of drug-likeness (QED) is 0.869. The first-order chi connectivity index (χ1) is 8.79. The zero-order valence-corrected chi connectivity index (χ0v) is 10.9. The van der Waals surface area contributed by atoms with Gasteiger partial charge < -0.3 is 5.32 Å². The lowest BCUT2D eigenvalue weighted by molar-refractivity contribution is 0.849. The van der Waals surface area contributed by atoms with Crippen LogP contribution in [-0.2, 0) is 6.42 Å². The average Bonchev–Trinajstić information content (AvgIpc) is 2.40. The van der Waals surface area contributed by atoms with E-state index in [0.717, 1.165) is 24.4 Å². The fourth-order valence-corrected chi connectivity index (χ4v) is 1.92. The summed E-state index contributed by atoms with van der Waals surface area (Å²) in [6, 6.07) is 12.6. The van der Waals surface area contributed by atoms with Crippen molar-refractivity contribution < 1.29 is 0 Å². The number of aromatic nitrogens is 2. The Hall–Kier alpha value is -1.90. The molecule has 18 heavy (non-hydrogen) atoms. The van der Waals surface area contributed by atoms with Crippen molar-refractivity contribution >= 4 is 5.82 Å². The van der Waals surface area contributed by atoms with Crippen LogP contribution in [0.3, 0.4) is 0 Å². The molecular weight excluding hydrogens is 222 g/mol. The Bertz CT molecular complexity index is 482. The first-order valence-corrected chi connectivity index (χ1v) is 6.42. The number of nitrogens with zero attached hydrogens (tertiary/aromatic N) is 2. The maximum Gasteiger partial charge on any atom is 0.130 e. The minimum Gasteiger partial charge on any atom is -0.363 e. The molecule has 0 aliphatic heterocycles. The highest BCUT2D eigenvalue weighted by Crippen LogP contribution is 2.17. The Labute approximate surface area is 108 Å². The zero-order chi connectivity index (χ0) is 12.8. The van der Waals surface area contributed by atoms with Crippen LogP contribution in [-0.4, -0.2) is 9.97 Å². The summed E-state index contributed by atoms with van der Waals surface area (Å²) in [4.78, 5) is 8.52. The smallest absolute Gasteiger partial charge is 0.130 e. The lowest BCUT2D eigenvalue weighted by Gasteiger charge is -2.15. The van der Waals surface area contributed by atoms with E-state index in [-0.39, 0.29) is 6.04 Å². The van der Waals surface area contributed by atoms with E-state index >= 15 is 0 Å². The van der Waals surface area contributed by atoms with Crippen LogP contribution >= 0.6 is 0 Å². The second-order valence-corrected chi connectivity index (χ2v) is 4.42. The minimum absolute atomic E-state index is 0.246. The lowest BCUT2D eigenvalue weighted by atomic mass is 10.1. The van der Waals surface area contributed by atoms with Gasteiger partial charge in [0.05, 0.1) is 0 Å². The van der Waals surface area contributed by atoms with E-state index in [1.54, 1.807) is 6.33 Å². The van der Waals surface area contributed by atoms with Crippen LogP contribution in [0.1, 0.15) is 37.6 Å². The third-order valence-electron chi connectivity index (χ3n) is 2.89. The predicted octanol–water partition coefficient (Wildman–Crippen LogP) is 3.60. The van der Waals surface area contributed by atoms with Gasteiger partial charge in [-0.25, -0.2) is 9.97 Å². The van der Waals surface area contributed by atoms with Gasteiger partial charge in [0.2, 0.25) is 0 Å². The molecular formula is C15H19N3. The lowest BCUT2D eigenvalue weighted by Crippen LogP contribution is -2.08. The van der Waals surface area contributed by atoms with Gasteiger partial charge in [-0.1, -0.05) is 43.7 Å². The van der Waals surface area contributed by atoms with Crippen LogP contribution in [0, 0.1) is 0 Å². The molecule has 0 radical (unpaired) electrons. The normalized spacial score (nSPS) is 12.1. The maximum absolute atomic E-state index is 4.26. The van der Waals surface area contributed by atoms with E-state index < -0.39 is 0 Å². The van der Waals surface area contributed by atoms with Gasteiger partial charge in [-0.3, -0.25) is 0 Å². The number of hydrogen-bond acceptors (Lipinski definition) is 3. The van der Waals surface area contributed by atoms with Crippen molar-refractivity contribution in [1.29, 1.82) is 0 Å². The van der Waals surface area contributed by atoms with Crippen LogP contribution in [0.4, 0.5) is 5.82 Å². The molecule has 3 nitrogen and oxygen atoms in total. The molecule has 1 aromatic carbocycles. The Kier molecular flexibility index (Phi) is 4.29. The molecule has 0 saturated carbocycles. The average molecular weight is 241 g/mol. The molecule has 1 heterocycles. The van der Waals surface area contributed by atoms with E-state index in [1.807, 2.05) is 12.1 Å². The summed E-state index contributed by atoms with van der Waals surface area (Å²) in [5, 5.41) is 3.41. The summed E-state index contributed by atoms with van der Waals surface area (Å²) in [6.07, 6.45) is 3.73. The van der Waals surface area contributed by atoms with Gasteiger partial charge in [0.25, 0.3) is 0 Å². The molecule has 3 heteroatoms. The van der Waals surface area contributed by atoms with E-state index in [2.05, 4.69) is 53.4 Å².